The lowest BCUT2D eigenvalue weighted by molar-refractivity contribution is 0.0596. The molecule has 0 saturated heterocycles. The summed E-state index contributed by atoms with van der Waals surface area (Å²) < 4.78 is 1.39. The van der Waals surface area contributed by atoms with Gasteiger partial charge in [-0.05, 0) is 13.3 Å². The van der Waals surface area contributed by atoms with Gasteiger partial charge in [0.25, 0.3) is 0 Å². The number of aromatic nitrogens is 2. The van der Waals surface area contributed by atoms with Gasteiger partial charge in [-0.2, -0.15) is 0 Å². The zero-order valence-corrected chi connectivity index (χ0v) is 8.49. The fourth-order valence-electron chi connectivity index (χ4n) is 0.971. The molecule has 1 rings (SSSR count). The average molecular weight is 197 g/mol. The number of carbonyl (C=O) groups excluding carboxylic acids is 1. The Bertz CT molecular complexity index is 296. The number of nitrogens with zero attached hydrogens (tertiary/aromatic N) is 2. The van der Waals surface area contributed by atoms with E-state index >= 15 is 0 Å². The van der Waals surface area contributed by atoms with Crippen LogP contribution in [0.5, 0.6) is 0 Å². The van der Waals surface area contributed by atoms with E-state index in [9.17, 15) is 4.79 Å². The summed E-state index contributed by atoms with van der Waals surface area (Å²) in [5.41, 5.74) is 2.34. The number of unbranched alkanes of at least 4 members (excludes halogenated alkanes) is 1. The van der Waals surface area contributed by atoms with Crippen LogP contribution in [0.4, 0.5) is 4.79 Å². The van der Waals surface area contributed by atoms with E-state index in [1.54, 1.807) is 19.3 Å². The molecular weight excluding hydrogens is 182 g/mol. The van der Waals surface area contributed by atoms with Crippen molar-refractivity contribution in [3.63, 3.8) is 0 Å². The van der Waals surface area contributed by atoms with E-state index in [2.05, 4.69) is 17.4 Å². The minimum absolute atomic E-state index is 0.309. The van der Waals surface area contributed by atoms with Crippen LogP contribution in [0.1, 0.15) is 25.6 Å². The molecule has 0 aliphatic carbocycles. The molecule has 1 aromatic rings. The molecule has 14 heavy (non-hydrogen) atoms. The lowest BCUT2D eigenvalue weighted by Gasteiger charge is -2.06. The first-order chi connectivity index (χ1) is 6.75. The van der Waals surface area contributed by atoms with Crippen molar-refractivity contribution in [2.24, 2.45) is 0 Å². The SMILES string of the molecule is CCCCONC(=O)n1ccnc1C. The number of amides is 1. The number of hydroxylamine groups is 1. The number of hydrogen-bond donors (Lipinski definition) is 1. The van der Waals surface area contributed by atoms with Gasteiger partial charge in [0, 0.05) is 12.4 Å². The molecule has 0 aliphatic rings. The van der Waals surface area contributed by atoms with E-state index in [1.165, 1.54) is 4.57 Å². The first-order valence-electron chi connectivity index (χ1n) is 4.67. The van der Waals surface area contributed by atoms with Gasteiger partial charge in [0.2, 0.25) is 0 Å². The van der Waals surface area contributed by atoms with E-state index in [1.807, 2.05) is 0 Å². The summed E-state index contributed by atoms with van der Waals surface area (Å²) in [6.45, 7) is 4.35. The summed E-state index contributed by atoms with van der Waals surface area (Å²) in [5.74, 6) is 0.640. The minimum atomic E-state index is -0.309. The third-order valence-corrected chi connectivity index (χ3v) is 1.80. The van der Waals surface area contributed by atoms with Crippen molar-refractivity contribution in [1.82, 2.24) is 15.0 Å². The average Bonchev–Trinajstić information content (AvgIpc) is 2.59. The molecule has 5 heteroatoms. The van der Waals surface area contributed by atoms with E-state index in [4.69, 9.17) is 4.84 Å². The molecule has 5 nitrogen and oxygen atoms in total. The van der Waals surface area contributed by atoms with Crippen LogP contribution in [0.2, 0.25) is 0 Å². The number of aryl methyl sites for hydroxylation is 1. The summed E-state index contributed by atoms with van der Waals surface area (Å²) in [6.07, 6.45) is 5.14. The van der Waals surface area contributed by atoms with Crippen LogP contribution < -0.4 is 5.48 Å². The van der Waals surface area contributed by atoms with Gasteiger partial charge < -0.3 is 0 Å². The van der Waals surface area contributed by atoms with E-state index in [-0.39, 0.29) is 6.03 Å². The molecule has 0 radical (unpaired) electrons. The second-order valence-electron chi connectivity index (χ2n) is 2.95. The molecule has 0 spiro atoms. The van der Waals surface area contributed by atoms with Crippen molar-refractivity contribution >= 4 is 6.03 Å². The normalized spacial score (nSPS) is 10.1. The Morgan fingerprint density at radius 1 is 1.71 bits per heavy atom. The molecule has 0 bridgehead atoms. The third-order valence-electron chi connectivity index (χ3n) is 1.80. The monoisotopic (exact) mass is 197 g/mol. The maximum atomic E-state index is 11.4. The van der Waals surface area contributed by atoms with Gasteiger partial charge in [0.1, 0.15) is 5.82 Å². The van der Waals surface area contributed by atoms with Gasteiger partial charge in [0.05, 0.1) is 6.61 Å². The van der Waals surface area contributed by atoms with Crippen molar-refractivity contribution in [3.05, 3.63) is 18.2 Å². The molecule has 1 amide bonds. The Balaban J connectivity index is 2.32. The summed E-state index contributed by atoms with van der Waals surface area (Å²) in [6, 6.07) is -0.309. The lowest BCUT2D eigenvalue weighted by Crippen LogP contribution is -2.29. The predicted molar refractivity (Wildman–Crippen MR) is 51.8 cm³/mol. The second kappa shape index (κ2) is 5.39. The summed E-state index contributed by atoms with van der Waals surface area (Å²) >= 11 is 0. The first kappa shape index (κ1) is 10.7. The Morgan fingerprint density at radius 3 is 3.07 bits per heavy atom. The number of rotatable bonds is 4. The van der Waals surface area contributed by atoms with Crippen LogP contribution in [0.3, 0.4) is 0 Å². The fraction of sp³-hybridized carbons (Fsp3) is 0.556. The highest BCUT2D eigenvalue weighted by atomic mass is 16.7. The molecule has 0 saturated carbocycles. The molecule has 0 aromatic carbocycles. The van der Waals surface area contributed by atoms with Crippen LogP contribution in [-0.4, -0.2) is 22.2 Å². The van der Waals surface area contributed by atoms with Crippen LogP contribution in [0, 0.1) is 6.92 Å². The van der Waals surface area contributed by atoms with Crippen molar-refractivity contribution in [2.75, 3.05) is 6.61 Å². The summed E-state index contributed by atoms with van der Waals surface area (Å²) in [7, 11) is 0. The zero-order chi connectivity index (χ0) is 10.4. The largest absolute Gasteiger partial charge is 0.350 e. The molecule has 0 unspecified atom stereocenters. The smallest absolute Gasteiger partial charge is 0.272 e. The molecule has 1 aromatic heterocycles. The highest BCUT2D eigenvalue weighted by Gasteiger charge is 2.05. The minimum Gasteiger partial charge on any atom is -0.272 e. The Kier molecular flexibility index (Phi) is 4.12. The van der Waals surface area contributed by atoms with E-state index in [0.29, 0.717) is 12.4 Å². The van der Waals surface area contributed by atoms with Gasteiger partial charge in [-0.15, -0.1) is 0 Å². The van der Waals surface area contributed by atoms with Gasteiger partial charge in [-0.25, -0.2) is 15.3 Å². The maximum absolute atomic E-state index is 11.4. The Morgan fingerprint density at radius 2 is 2.50 bits per heavy atom. The van der Waals surface area contributed by atoms with Crippen molar-refractivity contribution in [2.45, 2.75) is 26.7 Å². The van der Waals surface area contributed by atoms with E-state index in [0.717, 1.165) is 12.8 Å². The van der Waals surface area contributed by atoms with E-state index < -0.39 is 0 Å². The van der Waals surface area contributed by atoms with Crippen molar-refractivity contribution in [1.29, 1.82) is 0 Å². The molecule has 1 heterocycles. The highest BCUT2D eigenvalue weighted by molar-refractivity contribution is 5.76. The predicted octanol–water partition coefficient (Wildman–Crippen LogP) is 1.48. The van der Waals surface area contributed by atoms with Gasteiger partial charge in [0.15, 0.2) is 0 Å². The van der Waals surface area contributed by atoms with Crippen LogP contribution in [0.15, 0.2) is 12.4 Å². The topological polar surface area (TPSA) is 56.1 Å². The van der Waals surface area contributed by atoms with Crippen molar-refractivity contribution < 1.29 is 9.63 Å². The summed E-state index contributed by atoms with van der Waals surface area (Å²) in [5, 5.41) is 0. The highest BCUT2D eigenvalue weighted by Crippen LogP contribution is 1.94. The molecule has 0 atom stereocenters. The quantitative estimate of drug-likeness (QED) is 0.587. The zero-order valence-electron chi connectivity index (χ0n) is 8.49. The van der Waals surface area contributed by atoms with Gasteiger partial charge >= 0.3 is 6.03 Å². The molecular formula is C9H15N3O2. The Labute approximate surface area is 83.0 Å². The number of hydrogen-bond acceptors (Lipinski definition) is 3. The van der Waals surface area contributed by atoms with Crippen molar-refractivity contribution in [3.8, 4) is 0 Å². The molecule has 0 aliphatic heterocycles. The van der Waals surface area contributed by atoms with Gasteiger partial charge in [-0.1, -0.05) is 13.3 Å². The molecule has 0 fully saturated rings. The first-order valence-corrected chi connectivity index (χ1v) is 4.67. The fourth-order valence-corrected chi connectivity index (χ4v) is 0.971. The standard InChI is InChI=1S/C9H15N3O2/c1-3-4-7-14-11-9(13)12-6-5-10-8(12)2/h5-6H,3-4,7H2,1-2H3,(H,11,13). The second-order valence-corrected chi connectivity index (χ2v) is 2.95. The van der Waals surface area contributed by atoms with Crippen LogP contribution in [0.25, 0.3) is 0 Å². The molecule has 1 N–H and O–H groups in total. The molecule has 78 valence electrons. The van der Waals surface area contributed by atoms with Crippen LogP contribution in [-0.2, 0) is 4.84 Å². The number of imidazole rings is 1. The third kappa shape index (κ3) is 2.85. The maximum Gasteiger partial charge on any atom is 0.350 e. The number of nitrogens with one attached hydrogen (secondary N) is 1. The summed E-state index contributed by atoms with van der Waals surface area (Å²) in [4.78, 5) is 20.3. The number of carbonyl (C=O) groups is 1. The Hall–Kier alpha value is -1.36. The lowest BCUT2D eigenvalue weighted by atomic mass is 10.4. The van der Waals surface area contributed by atoms with Crippen LogP contribution >= 0.6 is 0 Å². The van der Waals surface area contributed by atoms with Gasteiger partial charge in [-0.3, -0.25) is 9.40 Å².